The summed E-state index contributed by atoms with van der Waals surface area (Å²) in [5, 5.41) is 0. The van der Waals surface area contributed by atoms with Gasteiger partial charge in [0.05, 0.1) is 11.0 Å². The van der Waals surface area contributed by atoms with Crippen molar-refractivity contribution in [3.05, 3.63) is 29.6 Å². The number of imidazole rings is 1. The van der Waals surface area contributed by atoms with Gasteiger partial charge in [-0.05, 0) is 38.8 Å². The number of hydrogen-bond acceptors (Lipinski definition) is 2. The van der Waals surface area contributed by atoms with E-state index < -0.39 is 0 Å². The van der Waals surface area contributed by atoms with E-state index in [1.54, 1.807) is 0 Å². The van der Waals surface area contributed by atoms with E-state index in [0.717, 1.165) is 23.1 Å². The molecule has 2 aromatic rings. The van der Waals surface area contributed by atoms with Crippen LogP contribution in [0.4, 0.5) is 0 Å². The van der Waals surface area contributed by atoms with E-state index in [2.05, 4.69) is 24.5 Å². The van der Waals surface area contributed by atoms with Crippen LogP contribution in [0.2, 0.25) is 0 Å². The van der Waals surface area contributed by atoms with Gasteiger partial charge in [-0.15, -0.1) is 0 Å². The maximum absolute atomic E-state index is 11.0. The highest BCUT2D eigenvalue weighted by molar-refractivity contribution is 5.94. The van der Waals surface area contributed by atoms with Gasteiger partial charge in [-0.3, -0.25) is 4.79 Å². The van der Waals surface area contributed by atoms with Crippen molar-refractivity contribution in [3.8, 4) is 0 Å². The van der Waals surface area contributed by atoms with Crippen LogP contribution in [0, 0.1) is 0 Å². The van der Waals surface area contributed by atoms with Crippen LogP contribution < -0.4 is 0 Å². The van der Waals surface area contributed by atoms with Gasteiger partial charge in [-0.1, -0.05) is 6.07 Å². The van der Waals surface area contributed by atoms with Crippen molar-refractivity contribution >= 4 is 17.3 Å². The first-order valence-corrected chi connectivity index (χ1v) is 6.18. The number of rotatable bonds is 3. The summed E-state index contributed by atoms with van der Waals surface area (Å²) >= 11 is 0. The molecule has 3 heteroatoms. The first kappa shape index (κ1) is 10.5. The molecular formula is C14H16N2O. The maximum atomic E-state index is 11.0. The Morgan fingerprint density at radius 3 is 2.76 bits per heavy atom. The summed E-state index contributed by atoms with van der Waals surface area (Å²) < 4.78 is 2.28. The van der Waals surface area contributed by atoms with Crippen LogP contribution in [0.25, 0.3) is 11.0 Å². The normalized spacial score (nSPS) is 15.7. The number of benzene rings is 1. The summed E-state index contributed by atoms with van der Waals surface area (Å²) in [6.45, 7) is 4.33. The number of hydrogen-bond donors (Lipinski definition) is 0. The van der Waals surface area contributed by atoms with Crippen molar-refractivity contribution in [1.82, 2.24) is 9.55 Å². The summed E-state index contributed by atoms with van der Waals surface area (Å²) in [4.78, 5) is 15.7. The summed E-state index contributed by atoms with van der Waals surface area (Å²) in [5.74, 6) is 1.76. The predicted octanol–water partition coefficient (Wildman–Crippen LogP) is 3.31. The van der Waals surface area contributed by atoms with Crippen molar-refractivity contribution < 1.29 is 4.79 Å². The van der Waals surface area contributed by atoms with Crippen LogP contribution in [0.1, 0.15) is 54.8 Å². The van der Waals surface area contributed by atoms with E-state index >= 15 is 0 Å². The molecule has 3 rings (SSSR count). The Hall–Kier alpha value is -1.64. The molecule has 1 aliphatic rings. The maximum Gasteiger partial charge on any atom is 0.152 e. The predicted molar refractivity (Wildman–Crippen MR) is 67.5 cm³/mol. The van der Waals surface area contributed by atoms with Gasteiger partial charge in [-0.2, -0.15) is 0 Å². The Kier molecular flexibility index (Phi) is 2.28. The molecule has 1 fully saturated rings. The van der Waals surface area contributed by atoms with E-state index in [1.165, 1.54) is 12.8 Å². The first-order chi connectivity index (χ1) is 8.22. The topological polar surface area (TPSA) is 34.9 Å². The fourth-order valence-corrected chi connectivity index (χ4v) is 2.42. The Balaban J connectivity index is 2.33. The van der Waals surface area contributed by atoms with Crippen molar-refractivity contribution in [3.63, 3.8) is 0 Å². The number of para-hydroxylation sites is 1. The molecule has 0 unspecified atom stereocenters. The van der Waals surface area contributed by atoms with Crippen LogP contribution in [-0.2, 0) is 0 Å². The Bertz CT molecular complexity index is 579. The number of nitrogens with zero attached hydrogens (tertiary/aromatic N) is 2. The van der Waals surface area contributed by atoms with Crippen molar-refractivity contribution in [2.24, 2.45) is 0 Å². The minimum Gasteiger partial charge on any atom is -0.325 e. The number of carbonyl (C=O) groups is 1. The lowest BCUT2D eigenvalue weighted by Crippen LogP contribution is -2.05. The molecule has 0 atom stereocenters. The number of carbonyl (C=O) groups excluding carboxylic acids is 1. The van der Waals surface area contributed by atoms with E-state index in [4.69, 9.17) is 4.98 Å². The third kappa shape index (κ3) is 1.57. The highest BCUT2D eigenvalue weighted by atomic mass is 16.1. The van der Waals surface area contributed by atoms with Crippen LogP contribution >= 0.6 is 0 Å². The van der Waals surface area contributed by atoms with E-state index in [9.17, 15) is 4.79 Å². The quantitative estimate of drug-likeness (QED) is 0.755. The Morgan fingerprint density at radius 2 is 2.18 bits per heavy atom. The fourth-order valence-electron chi connectivity index (χ4n) is 2.42. The van der Waals surface area contributed by atoms with Gasteiger partial charge < -0.3 is 4.57 Å². The van der Waals surface area contributed by atoms with Crippen LogP contribution in [0.5, 0.6) is 0 Å². The molecule has 1 heterocycles. The van der Waals surface area contributed by atoms with Crippen LogP contribution in [-0.4, -0.2) is 15.8 Å². The molecule has 1 aliphatic carbocycles. The lowest BCUT2D eigenvalue weighted by molar-refractivity contribution is 0.112. The average molecular weight is 228 g/mol. The molecule has 0 aliphatic heterocycles. The number of fused-ring (bicyclic) bond motifs is 1. The highest BCUT2D eigenvalue weighted by Crippen LogP contribution is 2.42. The van der Waals surface area contributed by atoms with Crippen LogP contribution in [0.3, 0.4) is 0 Å². The van der Waals surface area contributed by atoms with Gasteiger partial charge >= 0.3 is 0 Å². The van der Waals surface area contributed by atoms with Gasteiger partial charge in [0.2, 0.25) is 0 Å². The lowest BCUT2D eigenvalue weighted by Gasteiger charge is -2.12. The van der Waals surface area contributed by atoms with E-state index in [0.29, 0.717) is 17.5 Å². The molecule has 1 aromatic heterocycles. The largest absolute Gasteiger partial charge is 0.325 e. The first-order valence-electron chi connectivity index (χ1n) is 6.18. The van der Waals surface area contributed by atoms with Crippen molar-refractivity contribution in [1.29, 1.82) is 0 Å². The van der Waals surface area contributed by atoms with Crippen molar-refractivity contribution in [2.75, 3.05) is 0 Å². The Labute approximate surface area is 100 Å². The SMILES string of the molecule is CC(C)n1c(C2CC2)nc2c(C=O)cccc21. The molecular weight excluding hydrogens is 212 g/mol. The van der Waals surface area contributed by atoms with E-state index in [1.807, 2.05) is 12.1 Å². The molecule has 3 nitrogen and oxygen atoms in total. The number of aromatic nitrogens is 2. The molecule has 0 amide bonds. The summed E-state index contributed by atoms with van der Waals surface area (Å²) in [7, 11) is 0. The minimum atomic E-state index is 0.387. The van der Waals surface area contributed by atoms with Crippen LogP contribution in [0.15, 0.2) is 18.2 Å². The van der Waals surface area contributed by atoms with Gasteiger partial charge in [0.1, 0.15) is 5.82 Å². The smallest absolute Gasteiger partial charge is 0.152 e. The summed E-state index contributed by atoms with van der Waals surface area (Å²) in [6.07, 6.45) is 3.36. The molecule has 17 heavy (non-hydrogen) atoms. The molecule has 88 valence electrons. The fraction of sp³-hybridized carbons (Fsp3) is 0.429. The second-order valence-corrected chi connectivity index (χ2v) is 5.04. The zero-order valence-corrected chi connectivity index (χ0v) is 10.2. The van der Waals surface area contributed by atoms with Crippen molar-refractivity contribution in [2.45, 2.75) is 38.6 Å². The summed E-state index contributed by atoms with van der Waals surface area (Å²) in [6, 6.07) is 6.21. The second-order valence-electron chi connectivity index (χ2n) is 5.04. The monoisotopic (exact) mass is 228 g/mol. The third-order valence-electron chi connectivity index (χ3n) is 3.36. The molecule has 0 radical (unpaired) electrons. The number of aldehydes is 1. The zero-order chi connectivity index (χ0) is 12.0. The van der Waals surface area contributed by atoms with E-state index in [-0.39, 0.29) is 0 Å². The van der Waals surface area contributed by atoms with Gasteiger partial charge in [0.25, 0.3) is 0 Å². The lowest BCUT2D eigenvalue weighted by atomic mass is 10.2. The van der Waals surface area contributed by atoms with Gasteiger partial charge in [0, 0.05) is 17.5 Å². The summed E-state index contributed by atoms with van der Waals surface area (Å²) in [5.41, 5.74) is 2.65. The molecule has 0 saturated heterocycles. The van der Waals surface area contributed by atoms with Gasteiger partial charge in [-0.25, -0.2) is 4.98 Å². The zero-order valence-electron chi connectivity index (χ0n) is 10.2. The average Bonchev–Trinajstić information content (AvgIpc) is 3.08. The molecule has 0 N–H and O–H groups in total. The Morgan fingerprint density at radius 1 is 1.41 bits per heavy atom. The molecule has 1 saturated carbocycles. The molecule has 0 bridgehead atoms. The molecule has 0 spiro atoms. The standard InChI is InChI=1S/C14H16N2O/c1-9(2)16-12-5-3-4-11(8-17)13(12)15-14(16)10-6-7-10/h3-5,8-10H,6-7H2,1-2H3. The van der Waals surface area contributed by atoms with Gasteiger partial charge in [0.15, 0.2) is 6.29 Å². The second kappa shape index (κ2) is 3.69. The molecule has 1 aromatic carbocycles. The third-order valence-corrected chi connectivity index (χ3v) is 3.36. The highest BCUT2D eigenvalue weighted by Gasteiger charge is 2.30. The minimum absolute atomic E-state index is 0.387.